The number of amides is 1. The van der Waals surface area contributed by atoms with Gasteiger partial charge in [0.2, 0.25) is 0 Å². The molecule has 2 aliphatic heterocycles. The first-order chi connectivity index (χ1) is 10.6. The van der Waals surface area contributed by atoms with Gasteiger partial charge in [0, 0.05) is 24.7 Å². The number of fused-ring (bicyclic) bond motifs is 2. The average molecular weight is 305 g/mol. The van der Waals surface area contributed by atoms with E-state index in [-0.39, 0.29) is 24.2 Å². The van der Waals surface area contributed by atoms with Crippen LogP contribution in [0.25, 0.3) is 0 Å². The van der Waals surface area contributed by atoms with Gasteiger partial charge in [0.15, 0.2) is 6.61 Å². The van der Waals surface area contributed by atoms with Crippen molar-refractivity contribution in [2.75, 3.05) is 19.7 Å². The number of nitro benzene ring substituents is 1. The molecule has 0 aromatic heterocycles. The zero-order chi connectivity index (χ0) is 15.5. The molecule has 2 bridgehead atoms. The van der Waals surface area contributed by atoms with Crippen LogP contribution in [0.3, 0.4) is 0 Å². The van der Waals surface area contributed by atoms with E-state index in [1.165, 1.54) is 12.1 Å². The number of nitrogens with zero attached hydrogens (tertiary/aromatic N) is 2. The van der Waals surface area contributed by atoms with Crippen LogP contribution < -0.4 is 10.1 Å². The van der Waals surface area contributed by atoms with Crippen molar-refractivity contribution < 1.29 is 14.5 Å². The highest BCUT2D eigenvalue weighted by Crippen LogP contribution is 2.28. The third kappa shape index (κ3) is 3.04. The Morgan fingerprint density at radius 2 is 2.18 bits per heavy atom. The molecule has 7 nitrogen and oxygen atoms in total. The van der Waals surface area contributed by atoms with Gasteiger partial charge in [0.05, 0.1) is 11.0 Å². The lowest BCUT2D eigenvalue weighted by molar-refractivity contribution is -0.384. The molecule has 0 aliphatic carbocycles. The first kappa shape index (κ1) is 14.8. The second-order valence-corrected chi connectivity index (χ2v) is 5.72. The van der Waals surface area contributed by atoms with Crippen molar-refractivity contribution in [1.82, 2.24) is 10.2 Å². The van der Waals surface area contributed by atoms with Crippen molar-refractivity contribution >= 4 is 11.6 Å². The summed E-state index contributed by atoms with van der Waals surface area (Å²) in [5, 5.41) is 14.1. The Kier molecular flexibility index (Phi) is 4.24. The summed E-state index contributed by atoms with van der Waals surface area (Å²) in [6.07, 6.45) is 3.05. The minimum Gasteiger partial charge on any atom is -0.484 e. The fourth-order valence-corrected chi connectivity index (χ4v) is 3.30. The molecule has 7 heteroatoms. The maximum absolute atomic E-state index is 12.4. The maximum Gasteiger partial charge on any atom is 0.273 e. The number of non-ortho nitro benzene ring substituents is 1. The summed E-state index contributed by atoms with van der Waals surface area (Å²) < 4.78 is 5.46. The van der Waals surface area contributed by atoms with E-state index >= 15 is 0 Å². The quantitative estimate of drug-likeness (QED) is 0.670. The van der Waals surface area contributed by atoms with Gasteiger partial charge in [0.25, 0.3) is 11.6 Å². The van der Waals surface area contributed by atoms with Gasteiger partial charge in [-0.25, -0.2) is 0 Å². The number of carbonyl (C=O) groups is 1. The Morgan fingerprint density at radius 1 is 1.36 bits per heavy atom. The number of rotatable bonds is 4. The topological polar surface area (TPSA) is 84.7 Å². The van der Waals surface area contributed by atoms with E-state index in [1.807, 2.05) is 4.90 Å². The molecule has 0 saturated carbocycles. The fraction of sp³-hybridized carbons (Fsp3) is 0.533. The lowest BCUT2D eigenvalue weighted by Crippen LogP contribution is -2.44. The van der Waals surface area contributed by atoms with E-state index < -0.39 is 4.92 Å². The fourth-order valence-electron chi connectivity index (χ4n) is 3.30. The molecule has 0 radical (unpaired) electrons. The number of nitrogens with one attached hydrogen (secondary N) is 1. The molecule has 118 valence electrons. The Bertz CT molecular complexity index is 564. The van der Waals surface area contributed by atoms with Crippen LogP contribution in [0.1, 0.15) is 19.3 Å². The molecule has 2 saturated heterocycles. The predicted octanol–water partition coefficient (Wildman–Crippen LogP) is 1.33. The SMILES string of the molecule is O=C(COc1cccc([N+](=O)[O-])c1)N1C2CCNCC1CC2. The second kappa shape index (κ2) is 6.31. The lowest BCUT2D eigenvalue weighted by atomic mass is 10.1. The number of benzene rings is 1. The van der Waals surface area contributed by atoms with Crippen molar-refractivity contribution in [3.8, 4) is 5.75 Å². The van der Waals surface area contributed by atoms with E-state index in [2.05, 4.69) is 5.32 Å². The van der Waals surface area contributed by atoms with Crippen LogP contribution >= 0.6 is 0 Å². The standard InChI is InChI=1S/C15H19N3O4/c19-15(17-11-4-5-13(17)9-16-7-6-11)10-22-14-3-1-2-12(8-14)18(20)21/h1-3,8,11,13,16H,4-7,9-10H2. The van der Waals surface area contributed by atoms with E-state index in [0.29, 0.717) is 11.8 Å². The summed E-state index contributed by atoms with van der Waals surface area (Å²) in [5.41, 5.74) is -0.0380. The van der Waals surface area contributed by atoms with E-state index in [0.717, 1.165) is 32.4 Å². The van der Waals surface area contributed by atoms with E-state index in [9.17, 15) is 14.9 Å². The van der Waals surface area contributed by atoms with Crippen molar-refractivity contribution in [2.24, 2.45) is 0 Å². The first-order valence-corrected chi connectivity index (χ1v) is 7.54. The minimum absolute atomic E-state index is 0.0380. The number of nitro groups is 1. The summed E-state index contributed by atoms with van der Waals surface area (Å²) >= 11 is 0. The van der Waals surface area contributed by atoms with Gasteiger partial charge < -0.3 is 15.0 Å². The van der Waals surface area contributed by atoms with Gasteiger partial charge in [-0.3, -0.25) is 14.9 Å². The van der Waals surface area contributed by atoms with Crippen LogP contribution in [0.4, 0.5) is 5.69 Å². The highest BCUT2D eigenvalue weighted by molar-refractivity contribution is 5.79. The number of carbonyl (C=O) groups excluding carboxylic acids is 1. The van der Waals surface area contributed by atoms with Crippen LogP contribution in [-0.2, 0) is 4.79 Å². The van der Waals surface area contributed by atoms with Crippen LogP contribution in [0.15, 0.2) is 24.3 Å². The van der Waals surface area contributed by atoms with Crippen LogP contribution in [0, 0.1) is 10.1 Å². The molecular formula is C15H19N3O4. The molecule has 2 atom stereocenters. The molecule has 2 unspecified atom stereocenters. The smallest absolute Gasteiger partial charge is 0.273 e. The molecule has 2 aliphatic rings. The second-order valence-electron chi connectivity index (χ2n) is 5.72. The molecule has 2 fully saturated rings. The van der Waals surface area contributed by atoms with Crippen molar-refractivity contribution in [3.63, 3.8) is 0 Å². The maximum atomic E-state index is 12.4. The minimum atomic E-state index is -0.477. The Labute approximate surface area is 128 Å². The molecule has 1 N–H and O–H groups in total. The molecule has 0 spiro atoms. The van der Waals surface area contributed by atoms with Gasteiger partial charge in [-0.2, -0.15) is 0 Å². The Balaban J connectivity index is 1.62. The summed E-state index contributed by atoms with van der Waals surface area (Å²) in [7, 11) is 0. The third-order valence-electron chi connectivity index (χ3n) is 4.33. The van der Waals surface area contributed by atoms with Crippen molar-refractivity contribution in [1.29, 1.82) is 0 Å². The molecule has 2 heterocycles. The van der Waals surface area contributed by atoms with Gasteiger partial charge in [-0.1, -0.05) is 6.07 Å². The predicted molar refractivity (Wildman–Crippen MR) is 79.7 cm³/mol. The van der Waals surface area contributed by atoms with Crippen LogP contribution in [0.5, 0.6) is 5.75 Å². The molecule has 3 rings (SSSR count). The van der Waals surface area contributed by atoms with Crippen molar-refractivity contribution in [3.05, 3.63) is 34.4 Å². The van der Waals surface area contributed by atoms with Gasteiger partial charge >= 0.3 is 0 Å². The summed E-state index contributed by atoms with van der Waals surface area (Å²) in [6.45, 7) is 1.70. The molecular weight excluding hydrogens is 286 g/mol. The monoisotopic (exact) mass is 305 g/mol. The van der Waals surface area contributed by atoms with Gasteiger partial charge in [-0.05, 0) is 31.9 Å². The van der Waals surface area contributed by atoms with Crippen molar-refractivity contribution in [2.45, 2.75) is 31.3 Å². The molecule has 1 aromatic rings. The van der Waals surface area contributed by atoms with Gasteiger partial charge in [0.1, 0.15) is 5.75 Å². The number of hydrogen-bond acceptors (Lipinski definition) is 5. The number of ether oxygens (including phenoxy) is 1. The van der Waals surface area contributed by atoms with E-state index in [1.54, 1.807) is 12.1 Å². The summed E-state index contributed by atoms with van der Waals surface area (Å²) in [4.78, 5) is 24.6. The molecule has 1 amide bonds. The average Bonchev–Trinajstić information content (AvgIpc) is 2.78. The largest absolute Gasteiger partial charge is 0.484 e. The zero-order valence-electron chi connectivity index (χ0n) is 12.2. The Hall–Kier alpha value is -2.15. The molecule has 22 heavy (non-hydrogen) atoms. The summed E-state index contributed by atoms with van der Waals surface area (Å²) in [5.74, 6) is 0.311. The Morgan fingerprint density at radius 3 is 3.00 bits per heavy atom. The van der Waals surface area contributed by atoms with Gasteiger partial charge in [-0.15, -0.1) is 0 Å². The zero-order valence-corrected chi connectivity index (χ0v) is 12.2. The summed E-state index contributed by atoms with van der Waals surface area (Å²) in [6, 6.07) is 6.45. The highest BCUT2D eigenvalue weighted by Gasteiger charge is 2.37. The number of hydrogen-bond donors (Lipinski definition) is 1. The van der Waals surface area contributed by atoms with E-state index in [4.69, 9.17) is 4.74 Å². The molecule has 1 aromatic carbocycles. The first-order valence-electron chi connectivity index (χ1n) is 7.54. The highest BCUT2D eigenvalue weighted by atomic mass is 16.6. The third-order valence-corrected chi connectivity index (χ3v) is 4.33. The lowest BCUT2D eigenvalue weighted by Gasteiger charge is -2.27. The van der Waals surface area contributed by atoms with Crippen LogP contribution in [0.2, 0.25) is 0 Å². The van der Waals surface area contributed by atoms with Crippen LogP contribution in [-0.4, -0.2) is 47.5 Å². The normalized spacial score (nSPS) is 23.9.